The van der Waals surface area contributed by atoms with E-state index in [0.29, 0.717) is 22.3 Å². The smallest absolute Gasteiger partial charge is 0.359 e. The largest absolute Gasteiger partial charge is 0.497 e. The van der Waals surface area contributed by atoms with Gasteiger partial charge in [-0.1, -0.05) is 48.5 Å². The van der Waals surface area contributed by atoms with E-state index in [-0.39, 0.29) is 23.4 Å². The molecule has 0 saturated heterocycles. The molecule has 0 aliphatic rings. The fraction of sp³-hybridized carbons (Fsp3) is 0.154. The summed E-state index contributed by atoms with van der Waals surface area (Å²) in [6.45, 7) is -0.331. The number of Topliss-reactive ketones (excluding diaryl/α,β-unsaturated/α-hetero) is 1. The Kier molecular flexibility index (Phi) is 6.68. The number of carbonyl (C=O) groups excluding carboxylic acids is 2. The second-order valence-corrected chi connectivity index (χ2v) is 7.41. The van der Waals surface area contributed by atoms with E-state index in [1.165, 1.54) is 18.9 Å². The van der Waals surface area contributed by atoms with Gasteiger partial charge in [0.25, 0.3) is 5.56 Å². The Bertz CT molecular complexity index is 1410. The normalized spacial score (nSPS) is 10.6. The van der Waals surface area contributed by atoms with E-state index in [0.717, 1.165) is 5.56 Å². The fourth-order valence-corrected chi connectivity index (χ4v) is 3.56. The minimum Gasteiger partial charge on any atom is -0.497 e. The van der Waals surface area contributed by atoms with Crippen LogP contribution in [0, 0.1) is 0 Å². The van der Waals surface area contributed by atoms with Crippen LogP contribution < -0.4 is 15.0 Å². The van der Waals surface area contributed by atoms with Gasteiger partial charge in [0.1, 0.15) is 11.5 Å². The van der Waals surface area contributed by atoms with Gasteiger partial charge in [0.05, 0.1) is 31.7 Å². The molecule has 0 aliphatic carbocycles. The van der Waals surface area contributed by atoms with Crippen LogP contribution in [-0.4, -0.2) is 42.4 Å². The lowest BCUT2D eigenvalue weighted by Gasteiger charge is -2.12. The number of nitrogens with zero attached hydrogens (tertiary/aromatic N) is 2. The zero-order valence-electron chi connectivity index (χ0n) is 18.7. The Labute approximate surface area is 195 Å². The first-order valence-corrected chi connectivity index (χ1v) is 10.5. The topological polar surface area (TPSA) is 96.7 Å². The molecule has 0 N–H and O–H groups in total. The number of ketones is 1. The van der Waals surface area contributed by atoms with Crippen molar-refractivity contribution in [2.75, 3.05) is 20.8 Å². The fourth-order valence-electron chi connectivity index (χ4n) is 3.56. The van der Waals surface area contributed by atoms with Crippen molar-refractivity contribution in [3.8, 4) is 11.5 Å². The first kappa shape index (κ1) is 22.7. The SMILES string of the molecule is COc1ccc(C(=O)COC(=O)c2nn(Cc3ccccc3)c(=O)c3ccccc23)c(OC)c1. The molecule has 0 bridgehead atoms. The van der Waals surface area contributed by atoms with Crippen molar-refractivity contribution >= 4 is 22.5 Å². The van der Waals surface area contributed by atoms with E-state index >= 15 is 0 Å². The first-order valence-electron chi connectivity index (χ1n) is 10.5. The second-order valence-electron chi connectivity index (χ2n) is 7.41. The van der Waals surface area contributed by atoms with Crippen LogP contribution in [0.1, 0.15) is 26.4 Å². The van der Waals surface area contributed by atoms with E-state index in [9.17, 15) is 14.4 Å². The van der Waals surface area contributed by atoms with Crippen LogP contribution in [-0.2, 0) is 11.3 Å². The molecule has 1 aromatic heterocycles. The molecule has 3 aromatic carbocycles. The summed E-state index contributed by atoms with van der Waals surface area (Å²) >= 11 is 0. The average Bonchev–Trinajstić information content (AvgIpc) is 2.88. The van der Waals surface area contributed by atoms with Crippen molar-refractivity contribution in [1.29, 1.82) is 0 Å². The van der Waals surface area contributed by atoms with Gasteiger partial charge in [0.15, 0.2) is 12.3 Å². The zero-order chi connectivity index (χ0) is 24.1. The van der Waals surface area contributed by atoms with E-state index in [4.69, 9.17) is 14.2 Å². The number of hydrogen-bond acceptors (Lipinski definition) is 7. The standard InChI is InChI=1S/C26H22N2O6/c1-32-18-12-13-21(23(14-18)33-2)22(29)16-34-26(31)24-19-10-6-7-11-20(19)25(30)28(27-24)15-17-8-4-3-5-9-17/h3-14H,15-16H2,1-2H3. The van der Waals surface area contributed by atoms with Gasteiger partial charge in [0, 0.05) is 11.5 Å². The van der Waals surface area contributed by atoms with Crippen molar-refractivity contribution < 1.29 is 23.8 Å². The summed E-state index contributed by atoms with van der Waals surface area (Å²) in [6.07, 6.45) is 0. The Morgan fingerprint density at radius 1 is 0.882 bits per heavy atom. The van der Waals surface area contributed by atoms with Gasteiger partial charge < -0.3 is 14.2 Å². The molecule has 8 heteroatoms. The van der Waals surface area contributed by atoms with Gasteiger partial charge in [-0.15, -0.1) is 0 Å². The summed E-state index contributed by atoms with van der Waals surface area (Å²) in [5.74, 6) is -0.421. The highest BCUT2D eigenvalue weighted by Gasteiger charge is 2.21. The number of benzene rings is 3. The number of methoxy groups -OCH3 is 2. The molecule has 0 aliphatic heterocycles. The quantitative estimate of drug-likeness (QED) is 0.294. The molecule has 0 atom stereocenters. The van der Waals surface area contributed by atoms with Crippen molar-refractivity contribution in [2.24, 2.45) is 0 Å². The Morgan fingerprint density at radius 2 is 1.59 bits per heavy atom. The molecule has 172 valence electrons. The molecule has 4 aromatic rings. The van der Waals surface area contributed by atoms with Crippen LogP contribution >= 0.6 is 0 Å². The Morgan fingerprint density at radius 3 is 2.29 bits per heavy atom. The summed E-state index contributed by atoms with van der Waals surface area (Å²) in [4.78, 5) is 38.6. The molecule has 8 nitrogen and oxygen atoms in total. The average molecular weight is 458 g/mol. The molecule has 0 saturated carbocycles. The van der Waals surface area contributed by atoms with Gasteiger partial charge in [-0.2, -0.15) is 5.10 Å². The number of ether oxygens (including phenoxy) is 3. The van der Waals surface area contributed by atoms with E-state index in [2.05, 4.69) is 5.10 Å². The van der Waals surface area contributed by atoms with Crippen LogP contribution in [0.4, 0.5) is 0 Å². The summed E-state index contributed by atoms with van der Waals surface area (Å²) in [6, 6.07) is 20.7. The number of carbonyl (C=O) groups is 2. The third-order valence-corrected chi connectivity index (χ3v) is 5.28. The predicted octanol–water partition coefficient (Wildman–Crippen LogP) is 3.50. The Balaban J connectivity index is 1.62. The molecule has 34 heavy (non-hydrogen) atoms. The van der Waals surface area contributed by atoms with Gasteiger partial charge in [0.2, 0.25) is 5.78 Å². The molecule has 0 fully saturated rings. The summed E-state index contributed by atoms with van der Waals surface area (Å²) in [5.41, 5.74) is 0.743. The lowest BCUT2D eigenvalue weighted by atomic mass is 10.1. The van der Waals surface area contributed by atoms with E-state index in [1.54, 1.807) is 42.5 Å². The third kappa shape index (κ3) is 4.66. The summed E-state index contributed by atoms with van der Waals surface area (Å²) < 4.78 is 16.9. The maximum atomic E-state index is 13.0. The highest BCUT2D eigenvalue weighted by Crippen LogP contribution is 2.25. The van der Waals surface area contributed by atoms with Crippen LogP contribution in [0.25, 0.3) is 10.8 Å². The molecule has 4 rings (SSSR count). The molecule has 0 radical (unpaired) electrons. The molecular weight excluding hydrogens is 436 g/mol. The van der Waals surface area contributed by atoms with Gasteiger partial charge in [-0.25, -0.2) is 9.48 Å². The van der Waals surface area contributed by atoms with Crippen molar-refractivity contribution in [2.45, 2.75) is 6.54 Å². The summed E-state index contributed by atoms with van der Waals surface area (Å²) in [7, 11) is 2.94. The zero-order valence-corrected chi connectivity index (χ0v) is 18.7. The van der Waals surface area contributed by atoms with E-state index < -0.39 is 18.4 Å². The molecule has 0 amide bonds. The predicted molar refractivity (Wildman–Crippen MR) is 126 cm³/mol. The van der Waals surface area contributed by atoms with E-state index in [1.807, 2.05) is 30.3 Å². The van der Waals surface area contributed by atoms with Crippen molar-refractivity contribution in [3.63, 3.8) is 0 Å². The lowest BCUT2D eigenvalue weighted by Crippen LogP contribution is -2.27. The molecule has 1 heterocycles. The van der Waals surface area contributed by atoms with Crippen molar-refractivity contribution in [3.05, 3.63) is 100.0 Å². The highest BCUT2D eigenvalue weighted by molar-refractivity contribution is 6.04. The number of fused-ring (bicyclic) bond motifs is 1. The number of esters is 1. The monoisotopic (exact) mass is 458 g/mol. The minimum absolute atomic E-state index is 0.0411. The number of hydrogen-bond donors (Lipinski definition) is 0. The van der Waals surface area contributed by atoms with Crippen LogP contribution in [0.3, 0.4) is 0 Å². The van der Waals surface area contributed by atoms with Crippen LogP contribution in [0.15, 0.2) is 77.6 Å². The maximum Gasteiger partial charge on any atom is 0.359 e. The van der Waals surface area contributed by atoms with Gasteiger partial charge in [-0.3, -0.25) is 9.59 Å². The number of rotatable bonds is 8. The molecular formula is C26H22N2O6. The Hall–Kier alpha value is -4.46. The number of aromatic nitrogens is 2. The van der Waals surface area contributed by atoms with Crippen molar-refractivity contribution in [1.82, 2.24) is 9.78 Å². The second kappa shape index (κ2) is 9.99. The summed E-state index contributed by atoms with van der Waals surface area (Å²) in [5, 5.41) is 4.97. The van der Waals surface area contributed by atoms with Crippen LogP contribution in [0.5, 0.6) is 11.5 Å². The van der Waals surface area contributed by atoms with Crippen LogP contribution in [0.2, 0.25) is 0 Å². The first-order chi connectivity index (χ1) is 16.5. The third-order valence-electron chi connectivity index (χ3n) is 5.28. The molecule has 0 unspecified atom stereocenters. The highest BCUT2D eigenvalue weighted by atomic mass is 16.5. The lowest BCUT2D eigenvalue weighted by molar-refractivity contribution is 0.0468. The minimum atomic E-state index is -0.807. The molecule has 0 spiro atoms. The van der Waals surface area contributed by atoms with Gasteiger partial charge >= 0.3 is 5.97 Å². The maximum absolute atomic E-state index is 13.0. The van der Waals surface area contributed by atoms with Gasteiger partial charge in [-0.05, 0) is 23.8 Å².